The van der Waals surface area contributed by atoms with Crippen LogP contribution in [0.1, 0.15) is 39.5 Å². The Morgan fingerprint density at radius 3 is 2.29 bits per heavy atom. The molecule has 2 fully saturated rings. The van der Waals surface area contributed by atoms with Gasteiger partial charge in [-0.05, 0) is 40.2 Å². The van der Waals surface area contributed by atoms with Crippen molar-refractivity contribution in [2.75, 3.05) is 20.1 Å². The zero-order valence-electron chi connectivity index (χ0n) is 9.87. The van der Waals surface area contributed by atoms with Crippen LogP contribution in [0.2, 0.25) is 0 Å². The van der Waals surface area contributed by atoms with Crippen molar-refractivity contribution in [3.8, 4) is 0 Å². The highest BCUT2D eigenvalue weighted by molar-refractivity contribution is 4.89. The van der Waals surface area contributed by atoms with E-state index in [-0.39, 0.29) is 0 Å². The van der Waals surface area contributed by atoms with E-state index in [1.165, 1.54) is 38.8 Å². The largest absolute Gasteiger partial charge is 0.299 e. The molecule has 0 aromatic heterocycles. The van der Waals surface area contributed by atoms with Crippen molar-refractivity contribution in [3.05, 3.63) is 0 Å². The maximum absolute atomic E-state index is 2.64. The average molecular weight is 196 g/mol. The number of likely N-dealkylation sites (N-methyl/N-ethyl adjacent to an activating group) is 1. The summed E-state index contributed by atoms with van der Waals surface area (Å²) in [6.45, 7) is 7.22. The van der Waals surface area contributed by atoms with E-state index < -0.39 is 0 Å². The molecule has 1 atom stereocenters. The first-order chi connectivity index (χ1) is 6.68. The molecule has 2 rings (SSSR count). The van der Waals surface area contributed by atoms with E-state index in [9.17, 15) is 0 Å². The maximum Gasteiger partial charge on any atom is 0.0235 e. The molecule has 0 spiro atoms. The summed E-state index contributed by atoms with van der Waals surface area (Å²) in [4.78, 5) is 5.26. The van der Waals surface area contributed by atoms with Crippen LogP contribution in [-0.4, -0.2) is 48.1 Å². The van der Waals surface area contributed by atoms with Crippen LogP contribution in [0.4, 0.5) is 0 Å². The molecule has 82 valence electrons. The Morgan fingerprint density at radius 1 is 1.14 bits per heavy atom. The van der Waals surface area contributed by atoms with E-state index in [0.717, 1.165) is 18.1 Å². The van der Waals surface area contributed by atoms with E-state index in [0.29, 0.717) is 0 Å². The first-order valence-electron chi connectivity index (χ1n) is 6.14. The summed E-state index contributed by atoms with van der Waals surface area (Å²) in [5.41, 5.74) is 0. The molecule has 0 bridgehead atoms. The molecule has 1 aliphatic carbocycles. The zero-order valence-corrected chi connectivity index (χ0v) is 9.87. The Balaban J connectivity index is 1.82. The Hall–Kier alpha value is -0.0800. The van der Waals surface area contributed by atoms with Crippen LogP contribution < -0.4 is 0 Å². The van der Waals surface area contributed by atoms with E-state index in [2.05, 4.69) is 30.7 Å². The van der Waals surface area contributed by atoms with Crippen molar-refractivity contribution in [1.82, 2.24) is 9.80 Å². The van der Waals surface area contributed by atoms with Crippen molar-refractivity contribution in [3.63, 3.8) is 0 Å². The van der Waals surface area contributed by atoms with Crippen molar-refractivity contribution in [2.24, 2.45) is 0 Å². The van der Waals surface area contributed by atoms with Gasteiger partial charge in [0.15, 0.2) is 0 Å². The first kappa shape index (κ1) is 10.4. The molecule has 0 N–H and O–H groups in total. The fourth-order valence-corrected chi connectivity index (χ4v) is 2.66. The third-order valence-electron chi connectivity index (χ3n) is 4.15. The lowest BCUT2D eigenvalue weighted by molar-refractivity contribution is 0.109. The molecule has 2 heteroatoms. The molecule has 0 radical (unpaired) electrons. The molecular formula is C12H24N2. The monoisotopic (exact) mass is 196 g/mol. The fourth-order valence-electron chi connectivity index (χ4n) is 2.66. The van der Waals surface area contributed by atoms with Crippen LogP contribution in [0.5, 0.6) is 0 Å². The summed E-state index contributed by atoms with van der Waals surface area (Å²) in [6.07, 6.45) is 5.71. The van der Waals surface area contributed by atoms with E-state index in [4.69, 9.17) is 0 Å². The van der Waals surface area contributed by atoms with E-state index >= 15 is 0 Å². The van der Waals surface area contributed by atoms with Crippen molar-refractivity contribution >= 4 is 0 Å². The summed E-state index contributed by atoms with van der Waals surface area (Å²) in [7, 11) is 2.33. The first-order valence-corrected chi connectivity index (χ1v) is 6.14. The van der Waals surface area contributed by atoms with Gasteiger partial charge in [-0.2, -0.15) is 0 Å². The van der Waals surface area contributed by atoms with Crippen LogP contribution in [0.3, 0.4) is 0 Å². The second-order valence-corrected chi connectivity index (χ2v) is 5.28. The van der Waals surface area contributed by atoms with Crippen molar-refractivity contribution < 1.29 is 0 Å². The Bertz CT molecular complexity index is 187. The second-order valence-electron chi connectivity index (χ2n) is 5.28. The number of nitrogens with zero attached hydrogens (tertiary/aromatic N) is 2. The molecule has 0 aromatic rings. The SMILES string of the molecule is CC(C)N1CC[C@@H](N(C)C2CCC2)C1. The van der Waals surface area contributed by atoms with Gasteiger partial charge >= 0.3 is 0 Å². The molecule has 0 unspecified atom stereocenters. The van der Waals surface area contributed by atoms with Gasteiger partial charge in [-0.15, -0.1) is 0 Å². The summed E-state index contributed by atoms with van der Waals surface area (Å²) in [6, 6.07) is 2.48. The van der Waals surface area contributed by atoms with Crippen LogP contribution in [-0.2, 0) is 0 Å². The van der Waals surface area contributed by atoms with Crippen LogP contribution in [0.25, 0.3) is 0 Å². The minimum absolute atomic E-state index is 0.731. The Morgan fingerprint density at radius 2 is 1.86 bits per heavy atom. The van der Waals surface area contributed by atoms with Crippen LogP contribution >= 0.6 is 0 Å². The van der Waals surface area contributed by atoms with Crippen LogP contribution in [0.15, 0.2) is 0 Å². The third kappa shape index (κ3) is 1.96. The van der Waals surface area contributed by atoms with Gasteiger partial charge < -0.3 is 0 Å². The minimum atomic E-state index is 0.731. The van der Waals surface area contributed by atoms with E-state index in [1.807, 2.05) is 0 Å². The van der Waals surface area contributed by atoms with Gasteiger partial charge in [-0.3, -0.25) is 9.80 Å². The van der Waals surface area contributed by atoms with Gasteiger partial charge in [0.1, 0.15) is 0 Å². The lowest BCUT2D eigenvalue weighted by Gasteiger charge is -2.38. The second kappa shape index (κ2) is 4.19. The fraction of sp³-hybridized carbons (Fsp3) is 1.00. The van der Waals surface area contributed by atoms with Gasteiger partial charge in [0.25, 0.3) is 0 Å². The number of rotatable bonds is 3. The number of hydrogen-bond donors (Lipinski definition) is 0. The molecule has 2 aliphatic rings. The van der Waals surface area contributed by atoms with Crippen LogP contribution in [0, 0.1) is 0 Å². The zero-order chi connectivity index (χ0) is 10.1. The van der Waals surface area contributed by atoms with Gasteiger partial charge in [-0.25, -0.2) is 0 Å². The average Bonchev–Trinajstić information content (AvgIpc) is 2.48. The minimum Gasteiger partial charge on any atom is -0.299 e. The molecule has 1 aliphatic heterocycles. The highest BCUT2D eigenvalue weighted by Crippen LogP contribution is 2.28. The summed E-state index contributed by atoms with van der Waals surface area (Å²) in [5.74, 6) is 0. The maximum atomic E-state index is 2.64. The molecular weight excluding hydrogens is 172 g/mol. The predicted octanol–water partition coefficient (Wildman–Crippen LogP) is 1.95. The van der Waals surface area contributed by atoms with Crippen molar-refractivity contribution in [1.29, 1.82) is 0 Å². The molecule has 2 nitrogen and oxygen atoms in total. The highest BCUT2D eigenvalue weighted by Gasteiger charge is 2.32. The normalized spacial score (nSPS) is 30.2. The molecule has 0 aromatic carbocycles. The Kier molecular flexibility index (Phi) is 3.13. The molecule has 1 heterocycles. The lowest BCUT2D eigenvalue weighted by Crippen LogP contribution is -2.45. The Labute approximate surface area is 88.3 Å². The quantitative estimate of drug-likeness (QED) is 0.681. The van der Waals surface area contributed by atoms with E-state index in [1.54, 1.807) is 0 Å². The molecule has 1 saturated heterocycles. The predicted molar refractivity (Wildman–Crippen MR) is 60.5 cm³/mol. The van der Waals surface area contributed by atoms with Gasteiger partial charge in [0.2, 0.25) is 0 Å². The lowest BCUT2D eigenvalue weighted by atomic mass is 9.91. The topological polar surface area (TPSA) is 6.48 Å². The van der Waals surface area contributed by atoms with Gasteiger partial charge in [-0.1, -0.05) is 6.42 Å². The third-order valence-corrected chi connectivity index (χ3v) is 4.15. The highest BCUT2D eigenvalue weighted by atomic mass is 15.3. The van der Waals surface area contributed by atoms with Crippen molar-refractivity contribution in [2.45, 2.75) is 57.7 Å². The summed E-state index contributed by atoms with van der Waals surface area (Å²) >= 11 is 0. The van der Waals surface area contributed by atoms with Gasteiger partial charge in [0, 0.05) is 31.2 Å². The molecule has 1 saturated carbocycles. The summed E-state index contributed by atoms with van der Waals surface area (Å²) in [5, 5.41) is 0. The smallest absolute Gasteiger partial charge is 0.0235 e. The number of hydrogen-bond acceptors (Lipinski definition) is 2. The summed E-state index contributed by atoms with van der Waals surface area (Å²) < 4.78 is 0. The van der Waals surface area contributed by atoms with Gasteiger partial charge in [0.05, 0.1) is 0 Å². The molecule has 14 heavy (non-hydrogen) atoms. The standard InChI is InChI=1S/C12H24N2/c1-10(2)14-8-7-12(9-14)13(3)11-5-4-6-11/h10-12H,4-9H2,1-3H3/t12-/m1/s1. The number of likely N-dealkylation sites (tertiary alicyclic amines) is 1. The molecule has 0 amide bonds.